The van der Waals surface area contributed by atoms with Crippen molar-refractivity contribution in [3.05, 3.63) is 47.4 Å². The van der Waals surface area contributed by atoms with Crippen LogP contribution in [0.4, 0.5) is 16.2 Å². The lowest BCUT2D eigenvalue weighted by Crippen LogP contribution is -2.08. The number of aromatic nitrogens is 2. The fourth-order valence-electron chi connectivity index (χ4n) is 1.65. The van der Waals surface area contributed by atoms with Gasteiger partial charge in [0.1, 0.15) is 11.6 Å². The van der Waals surface area contributed by atoms with Crippen molar-refractivity contribution >= 4 is 11.8 Å². The van der Waals surface area contributed by atoms with Crippen molar-refractivity contribution in [3.63, 3.8) is 0 Å². The maximum atomic E-state index is 12.8. The quantitative estimate of drug-likeness (QED) is 0.867. The van der Waals surface area contributed by atoms with Crippen LogP contribution in [0.1, 0.15) is 18.1 Å². The summed E-state index contributed by atoms with van der Waals surface area (Å²) in [5, 5.41) is 6.30. The van der Waals surface area contributed by atoms with E-state index < -0.39 is 0 Å². The van der Waals surface area contributed by atoms with Gasteiger partial charge in [0.25, 0.3) is 0 Å². The maximum Gasteiger partial charge on any atom is 0.224 e. The van der Waals surface area contributed by atoms with Gasteiger partial charge in [0.05, 0.1) is 0 Å². The van der Waals surface area contributed by atoms with Crippen LogP contribution in [-0.2, 0) is 6.54 Å². The zero-order valence-electron chi connectivity index (χ0n) is 11.1. The van der Waals surface area contributed by atoms with E-state index in [0.29, 0.717) is 12.5 Å². The first-order chi connectivity index (χ1) is 9.19. The number of anilines is 2. The summed E-state index contributed by atoms with van der Waals surface area (Å²) in [5.74, 6) is 1.17. The fraction of sp³-hybridized carbons (Fsp3) is 0.286. The van der Waals surface area contributed by atoms with Crippen molar-refractivity contribution < 1.29 is 4.39 Å². The average molecular weight is 260 g/mol. The molecule has 0 aliphatic heterocycles. The van der Waals surface area contributed by atoms with Crippen LogP contribution >= 0.6 is 0 Å². The molecule has 2 rings (SSSR count). The lowest BCUT2D eigenvalue weighted by atomic mass is 10.2. The highest BCUT2D eigenvalue weighted by Gasteiger charge is 2.03. The molecule has 2 aromatic rings. The Morgan fingerprint density at radius 3 is 2.58 bits per heavy atom. The zero-order valence-corrected chi connectivity index (χ0v) is 11.1. The van der Waals surface area contributed by atoms with Crippen LogP contribution in [0.2, 0.25) is 0 Å². The van der Waals surface area contributed by atoms with Crippen molar-refractivity contribution in [2.75, 3.05) is 17.2 Å². The van der Waals surface area contributed by atoms with E-state index in [-0.39, 0.29) is 5.82 Å². The van der Waals surface area contributed by atoms with E-state index in [0.717, 1.165) is 23.5 Å². The monoisotopic (exact) mass is 260 g/mol. The van der Waals surface area contributed by atoms with Crippen molar-refractivity contribution in [3.8, 4) is 0 Å². The highest BCUT2D eigenvalue weighted by Crippen LogP contribution is 2.14. The first kappa shape index (κ1) is 13.3. The molecule has 0 saturated heterocycles. The van der Waals surface area contributed by atoms with Gasteiger partial charge in [0.2, 0.25) is 5.95 Å². The molecule has 0 aliphatic carbocycles. The summed E-state index contributed by atoms with van der Waals surface area (Å²) in [4.78, 5) is 8.57. The second-order valence-corrected chi connectivity index (χ2v) is 4.24. The predicted octanol–water partition coefficient (Wildman–Crippen LogP) is 2.97. The van der Waals surface area contributed by atoms with Crippen LogP contribution in [0, 0.1) is 12.7 Å². The van der Waals surface area contributed by atoms with Gasteiger partial charge in [-0.3, -0.25) is 0 Å². The minimum atomic E-state index is -0.226. The Kier molecular flexibility index (Phi) is 4.28. The van der Waals surface area contributed by atoms with Gasteiger partial charge in [0.15, 0.2) is 0 Å². The molecule has 100 valence electrons. The Labute approximate surface area is 112 Å². The number of nitrogens with one attached hydrogen (secondary N) is 2. The van der Waals surface area contributed by atoms with Gasteiger partial charge in [-0.15, -0.1) is 0 Å². The summed E-state index contributed by atoms with van der Waals surface area (Å²) >= 11 is 0. The summed E-state index contributed by atoms with van der Waals surface area (Å²) in [6.07, 6.45) is 1.78. The van der Waals surface area contributed by atoms with E-state index in [1.165, 1.54) is 12.1 Å². The summed E-state index contributed by atoms with van der Waals surface area (Å²) in [5.41, 5.74) is 1.98. The molecule has 1 aromatic heterocycles. The van der Waals surface area contributed by atoms with Crippen LogP contribution < -0.4 is 10.6 Å². The minimum absolute atomic E-state index is 0.226. The molecule has 5 heteroatoms. The van der Waals surface area contributed by atoms with Crippen molar-refractivity contribution in [1.82, 2.24) is 9.97 Å². The summed E-state index contributed by atoms with van der Waals surface area (Å²) in [6, 6.07) is 6.41. The van der Waals surface area contributed by atoms with Gasteiger partial charge in [-0.25, -0.2) is 9.37 Å². The van der Waals surface area contributed by atoms with Gasteiger partial charge in [-0.1, -0.05) is 12.1 Å². The first-order valence-electron chi connectivity index (χ1n) is 6.25. The summed E-state index contributed by atoms with van der Waals surface area (Å²) in [6.45, 7) is 5.32. The van der Waals surface area contributed by atoms with Gasteiger partial charge in [0, 0.05) is 24.8 Å². The molecule has 0 unspecified atom stereocenters. The fourth-order valence-corrected chi connectivity index (χ4v) is 1.65. The molecule has 0 atom stereocenters. The normalized spacial score (nSPS) is 10.3. The van der Waals surface area contributed by atoms with Crippen molar-refractivity contribution in [1.29, 1.82) is 0 Å². The third-order valence-corrected chi connectivity index (χ3v) is 2.68. The van der Waals surface area contributed by atoms with Crippen LogP contribution in [0.25, 0.3) is 0 Å². The largest absolute Gasteiger partial charge is 0.366 e. The molecular formula is C14H17FN4. The topological polar surface area (TPSA) is 49.8 Å². The molecule has 19 heavy (non-hydrogen) atoms. The molecule has 0 saturated carbocycles. The Hall–Kier alpha value is -2.17. The van der Waals surface area contributed by atoms with E-state index in [4.69, 9.17) is 0 Å². The lowest BCUT2D eigenvalue weighted by Gasteiger charge is -2.10. The molecule has 0 radical (unpaired) electrons. The molecule has 2 N–H and O–H groups in total. The van der Waals surface area contributed by atoms with Gasteiger partial charge >= 0.3 is 0 Å². The number of hydrogen-bond acceptors (Lipinski definition) is 4. The van der Waals surface area contributed by atoms with E-state index in [9.17, 15) is 4.39 Å². The molecule has 1 aromatic carbocycles. The Balaban J connectivity index is 2.05. The van der Waals surface area contributed by atoms with Crippen LogP contribution in [-0.4, -0.2) is 16.5 Å². The molecule has 1 heterocycles. The van der Waals surface area contributed by atoms with Crippen LogP contribution in [0.5, 0.6) is 0 Å². The molecule has 4 nitrogen and oxygen atoms in total. The summed E-state index contributed by atoms with van der Waals surface area (Å²) < 4.78 is 12.8. The first-order valence-corrected chi connectivity index (χ1v) is 6.25. The molecule has 0 aliphatic rings. The molecular weight excluding hydrogens is 243 g/mol. The van der Waals surface area contributed by atoms with E-state index in [1.807, 2.05) is 13.8 Å². The zero-order chi connectivity index (χ0) is 13.7. The van der Waals surface area contributed by atoms with Crippen LogP contribution in [0.3, 0.4) is 0 Å². The average Bonchev–Trinajstić information content (AvgIpc) is 2.41. The van der Waals surface area contributed by atoms with E-state index in [1.54, 1.807) is 18.3 Å². The SMILES string of the molecule is CCNc1ncc(C)c(NCc2ccc(F)cc2)n1. The minimum Gasteiger partial charge on any atom is -0.366 e. The maximum absolute atomic E-state index is 12.8. The molecule has 0 fully saturated rings. The van der Waals surface area contributed by atoms with Crippen molar-refractivity contribution in [2.24, 2.45) is 0 Å². The summed E-state index contributed by atoms with van der Waals surface area (Å²) in [7, 11) is 0. The number of rotatable bonds is 5. The van der Waals surface area contributed by atoms with E-state index in [2.05, 4.69) is 20.6 Å². The van der Waals surface area contributed by atoms with E-state index >= 15 is 0 Å². The second-order valence-electron chi connectivity index (χ2n) is 4.24. The lowest BCUT2D eigenvalue weighted by molar-refractivity contribution is 0.627. The number of nitrogens with zero attached hydrogens (tertiary/aromatic N) is 2. The number of hydrogen-bond donors (Lipinski definition) is 2. The number of aryl methyl sites for hydroxylation is 1. The number of halogens is 1. The Morgan fingerprint density at radius 2 is 1.89 bits per heavy atom. The smallest absolute Gasteiger partial charge is 0.224 e. The predicted molar refractivity (Wildman–Crippen MR) is 74.7 cm³/mol. The Morgan fingerprint density at radius 1 is 1.16 bits per heavy atom. The molecule has 0 spiro atoms. The van der Waals surface area contributed by atoms with Crippen molar-refractivity contribution in [2.45, 2.75) is 20.4 Å². The van der Waals surface area contributed by atoms with Gasteiger partial charge < -0.3 is 10.6 Å². The Bertz CT molecular complexity index is 540. The number of benzene rings is 1. The second kappa shape index (κ2) is 6.13. The highest BCUT2D eigenvalue weighted by molar-refractivity contribution is 5.46. The van der Waals surface area contributed by atoms with Gasteiger partial charge in [-0.05, 0) is 31.5 Å². The third kappa shape index (κ3) is 3.64. The third-order valence-electron chi connectivity index (χ3n) is 2.68. The molecule has 0 bridgehead atoms. The molecule has 0 amide bonds. The standard InChI is InChI=1S/C14H17FN4/c1-3-16-14-18-8-10(2)13(19-14)17-9-11-4-6-12(15)7-5-11/h4-8H,3,9H2,1-2H3,(H2,16,17,18,19). The van der Waals surface area contributed by atoms with Crippen LogP contribution in [0.15, 0.2) is 30.5 Å². The van der Waals surface area contributed by atoms with Gasteiger partial charge in [-0.2, -0.15) is 4.98 Å². The highest BCUT2D eigenvalue weighted by atomic mass is 19.1.